The van der Waals surface area contributed by atoms with Crippen LogP contribution in [0.5, 0.6) is 0 Å². The van der Waals surface area contributed by atoms with E-state index in [1.807, 2.05) is 48.5 Å². The highest BCUT2D eigenvalue weighted by atomic mass is 31.1. The highest BCUT2D eigenvalue weighted by Crippen LogP contribution is 2.19. The van der Waals surface area contributed by atoms with E-state index in [2.05, 4.69) is 13.0 Å². The molecule has 0 spiro atoms. The van der Waals surface area contributed by atoms with Gasteiger partial charge in [0.15, 0.2) is 0 Å². The summed E-state index contributed by atoms with van der Waals surface area (Å²) in [5.74, 6) is 0. The third-order valence-electron chi connectivity index (χ3n) is 2.63. The summed E-state index contributed by atoms with van der Waals surface area (Å²) in [6, 6.07) is 17.7. The zero-order chi connectivity index (χ0) is 11.4. The molecule has 1 nitrogen and oxygen atoms in total. The van der Waals surface area contributed by atoms with Gasteiger partial charge >= 0.3 is 0 Å². The molecular weight excluding hydrogens is 215 g/mol. The maximum Gasteiger partial charge on any atom is 0.131 e. The van der Waals surface area contributed by atoms with Crippen molar-refractivity contribution in [2.75, 3.05) is 0 Å². The van der Waals surface area contributed by atoms with Crippen LogP contribution in [-0.2, 0) is 11.0 Å². The minimum Gasteiger partial charge on any atom is -0.317 e. The fourth-order valence-corrected chi connectivity index (χ4v) is 3.08. The number of rotatable bonds is 3. The van der Waals surface area contributed by atoms with Crippen molar-refractivity contribution in [2.45, 2.75) is 13.3 Å². The lowest BCUT2D eigenvalue weighted by Crippen LogP contribution is -2.06. The van der Waals surface area contributed by atoms with Crippen LogP contribution in [-0.4, -0.2) is 0 Å². The predicted octanol–water partition coefficient (Wildman–Crippen LogP) is 2.76. The lowest BCUT2D eigenvalue weighted by molar-refractivity contribution is 0.598. The van der Waals surface area contributed by atoms with Crippen molar-refractivity contribution in [3.8, 4) is 0 Å². The average molecular weight is 230 g/mol. The molecule has 0 amide bonds. The van der Waals surface area contributed by atoms with Crippen molar-refractivity contribution in [3.05, 3.63) is 60.2 Å². The summed E-state index contributed by atoms with van der Waals surface area (Å²) in [5.41, 5.74) is 1.24. The molecule has 16 heavy (non-hydrogen) atoms. The van der Waals surface area contributed by atoms with E-state index in [4.69, 9.17) is 0 Å². The molecule has 0 N–H and O–H groups in total. The number of benzene rings is 2. The van der Waals surface area contributed by atoms with Crippen LogP contribution in [0.25, 0.3) is 0 Å². The molecule has 0 aliphatic carbocycles. The van der Waals surface area contributed by atoms with Gasteiger partial charge in [0.2, 0.25) is 0 Å². The lowest BCUT2D eigenvalue weighted by Gasteiger charge is -2.04. The van der Waals surface area contributed by atoms with Gasteiger partial charge in [0.25, 0.3) is 0 Å². The molecule has 0 aliphatic heterocycles. The van der Waals surface area contributed by atoms with Crippen molar-refractivity contribution in [2.24, 2.45) is 0 Å². The van der Waals surface area contributed by atoms with Gasteiger partial charge in [-0.05, 0) is 18.1 Å². The first-order valence-corrected chi connectivity index (χ1v) is 6.91. The average Bonchev–Trinajstić information content (AvgIpc) is 2.39. The summed E-state index contributed by atoms with van der Waals surface area (Å²) in [6.45, 7) is 2.11. The molecule has 2 aromatic rings. The van der Waals surface area contributed by atoms with Gasteiger partial charge in [-0.15, -0.1) is 0 Å². The van der Waals surface area contributed by atoms with Crippen LogP contribution in [0.4, 0.5) is 0 Å². The Morgan fingerprint density at radius 1 is 0.938 bits per heavy atom. The minimum atomic E-state index is -1.83. The maximum absolute atomic E-state index is 12.3. The Balaban J connectivity index is 2.34. The van der Waals surface area contributed by atoms with Crippen molar-refractivity contribution in [1.82, 2.24) is 0 Å². The number of hydrogen-bond acceptors (Lipinski definition) is 1. The zero-order valence-electron chi connectivity index (χ0n) is 9.31. The first-order chi connectivity index (χ1) is 7.81. The van der Waals surface area contributed by atoms with E-state index >= 15 is 0 Å². The smallest absolute Gasteiger partial charge is 0.131 e. The third-order valence-corrected chi connectivity index (χ3v) is 4.33. The van der Waals surface area contributed by atoms with Crippen LogP contribution in [0.1, 0.15) is 12.5 Å². The van der Waals surface area contributed by atoms with Crippen LogP contribution in [0, 0.1) is 0 Å². The van der Waals surface area contributed by atoms with E-state index in [1.54, 1.807) is 0 Å². The summed E-state index contributed by atoms with van der Waals surface area (Å²) >= 11 is 0. The van der Waals surface area contributed by atoms with Gasteiger partial charge < -0.3 is 4.57 Å². The molecule has 2 heteroatoms. The summed E-state index contributed by atoms with van der Waals surface area (Å²) in [7, 11) is -1.83. The molecule has 0 aromatic heterocycles. The van der Waals surface area contributed by atoms with Gasteiger partial charge in [-0.2, -0.15) is 0 Å². The summed E-state index contributed by atoms with van der Waals surface area (Å²) < 4.78 is 12.3. The van der Waals surface area contributed by atoms with E-state index in [9.17, 15) is 4.57 Å². The van der Waals surface area contributed by atoms with Crippen molar-refractivity contribution in [3.63, 3.8) is 0 Å². The van der Waals surface area contributed by atoms with Crippen LogP contribution in [0.15, 0.2) is 54.6 Å². The van der Waals surface area contributed by atoms with Crippen LogP contribution >= 0.6 is 7.80 Å². The SMILES string of the molecule is CCc1cccc([PH](=O)c2ccccc2)c1. The first kappa shape index (κ1) is 11.2. The van der Waals surface area contributed by atoms with E-state index in [0.717, 1.165) is 17.0 Å². The third kappa shape index (κ3) is 2.43. The zero-order valence-corrected chi connectivity index (χ0v) is 10.3. The Kier molecular flexibility index (Phi) is 3.58. The Bertz CT molecular complexity index is 491. The van der Waals surface area contributed by atoms with Crippen LogP contribution < -0.4 is 10.6 Å². The fraction of sp³-hybridized carbons (Fsp3) is 0.143. The molecule has 1 atom stereocenters. The monoisotopic (exact) mass is 230 g/mol. The van der Waals surface area contributed by atoms with Gasteiger partial charge in [0.05, 0.1) is 0 Å². The molecule has 0 heterocycles. The molecule has 2 aromatic carbocycles. The second-order valence-electron chi connectivity index (χ2n) is 3.75. The van der Waals surface area contributed by atoms with E-state index in [0.29, 0.717) is 0 Å². The Morgan fingerprint density at radius 2 is 1.62 bits per heavy atom. The van der Waals surface area contributed by atoms with Gasteiger partial charge in [0, 0.05) is 10.6 Å². The quantitative estimate of drug-likeness (QED) is 0.741. The lowest BCUT2D eigenvalue weighted by atomic mass is 10.2. The first-order valence-electron chi connectivity index (χ1n) is 5.50. The fourth-order valence-electron chi connectivity index (χ4n) is 1.69. The van der Waals surface area contributed by atoms with Crippen LogP contribution in [0.3, 0.4) is 0 Å². The Morgan fingerprint density at radius 3 is 2.31 bits per heavy atom. The maximum atomic E-state index is 12.3. The molecule has 0 fully saturated rings. The van der Waals surface area contributed by atoms with Gasteiger partial charge in [0.1, 0.15) is 7.80 Å². The second kappa shape index (κ2) is 5.14. The summed E-state index contributed by atoms with van der Waals surface area (Å²) in [4.78, 5) is 0. The number of hydrogen-bond donors (Lipinski definition) is 0. The molecule has 1 unspecified atom stereocenters. The molecule has 0 saturated carbocycles. The highest BCUT2D eigenvalue weighted by molar-refractivity contribution is 7.61. The van der Waals surface area contributed by atoms with Gasteiger partial charge in [-0.1, -0.05) is 55.5 Å². The van der Waals surface area contributed by atoms with E-state index in [-0.39, 0.29) is 0 Å². The predicted molar refractivity (Wildman–Crippen MR) is 70.5 cm³/mol. The van der Waals surface area contributed by atoms with E-state index < -0.39 is 7.80 Å². The molecule has 2 rings (SSSR count). The van der Waals surface area contributed by atoms with Crippen molar-refractivity contribution < 1.29 is 4.57 Å². The molecular formula is C14H15OP. The normalized spacial score (nSPS) is 12.3. The molecule has 0 radical (unpaired) electrons. The highest BCUT2D eigenvalue weighted by Gasteiger charge is 2.05. The molecule has 0 aliphatic rings. The molecule has 0 saturated heterocycles. The summed E-state index contributed by atoms with van der Waals surface area (Å²) in [6.07, 6.45) is 0.984. The largest absolute Gasteiger partial charge is 0.317 e. The van der Waals surface area contributed by atoms with Crippen molar-refractivity contribution in [1.29, 1.82) is 0 Å². The van der Waals surface area contributed by atoms with E-state index in [1.165, 1.54) is 5.56 Å². The topological polar surface area (TPSA) is 17.1 Å². The van der Waals surface area contributed by atoms with Crippen LogP contribution in [0.2, 0.25) is 0 Å². The van der Waals surface area contributed by atoms with Gasteiger partial charge in [-0.3, -0.25) is 0 Å². The molecule has 0 bridgehead atoms. The molecule has 82 valence electrons. The van der Waals surface area contributed by atoms with Gasteiger partial charge in [-0.25, -0.2) is 0 Å². The standard InChI is InChI=1S/C14H15OP/c1-2-12-7-6-10-14(11-12)16(15)13-8-4-3-5-9-13/h3-11,16H,2H2,1H3. The van der Waals surface area contributed by atoms with Crippen molar-refractivity contribution >= 4 is 18.4 Å². The second-order valence-corrected chi connectivity index (χ2v) is 5.56. The minimum absolute atomic E-state index is 0.931. The Hall–Kier alpha value is -1.33. The summed E-state index contributed by atoms with van der Waals surface area (Å²) in [5, 5.41) is 1.89. The Labute approximate surface area is 96.9 Å². The number of aryl methyl sites for hydroxylation is 1.